The van der Waals surface area contributed by atoms with Crippen molar-refractivity contribution in [1.29, 1.82) is 0 Å². The number of anilines is 2. The zero-order valence-corrected chi connectivity index (χ0v) is 11.0. The number of nitrogens with one attached hydrogen (secondary N) is 1. The minimum atomic E-state index is 0.591. The van der Waals surface area contributed by atoms with Gasteiger partial charge in [0.25, 0.3) is 0 Å². The lowest BCUT2D eigenvalue weighted by molar-refractivity contribution is 0.367. The van der Waals surface area contributed by atoms with Crippen LogP contribution in [0, 0.1) is 0 Å². The fraction of sp³-hybridized carbons (Fsp3) is 0.667. The molecule has 0 amide bonds. The van der Waals surface area contributed by atoms with Crippen LogP contribution in [0.1, 0.15) is 25.8 Å². The number of aromatic nitrogens is 2. The summed E-state index contributed by atoms with van der Waals surface area (Å²) in [7, 11) is 2.10. The van der Waals surface area contributed by atoms with Crippen molar-refractivity contribution < 1.29 is 0 Å². The molecule has 0 aliphatic carbocycles. The van der Waals surface area contributed by atoms with Crippen LogP contribution >= 0.6 is 0 Å². The number of nitrogen functional groups attached to an aromatic ring is 1. The summed E-state index contributed by atoms with van der Waals surface area (Å²) >= 11 is 0. The molecule has 0 aliphatic heterocycles. The topological polar surface area (TPSA) is 67.1 Å². The lowest BCUT2D eigenvalue weighted by Gasteiger charge is -2.16. The van der Waals surface area contributed by atoms with Crippen LogP contribution in [0.5, 0.6) is 0 Å². The monoisotopic (exact) mass is 237 g/mol. The molecule has 0 aromatic carbocycles. The van der Waals surface area contributed by atoms with Crippen molar-refractivity contribution in [3.63, 3.8) is 0 Å². The Bertz CT molecular complexity index is 340. The molecule has 0 radical (unpaired) electrons. The zero-order chi connectivity index (χ0) is 12.7. The number of nitrogens with two attached hydrogens (primary N) is 1. The molecule has 0 bridgehead atoms. The molecule has 0 aliphatic rings. The van der Waals surface area contributed by atoms with Gasteiger partial charge in [0.2, 0.25) is 0 Å². The highest BCUT2D eigenvalue weighted by Crippen LogP contribution is 2.18. The summed E-state index contributed by atoms with van der Waals surface area (Å²) in [5.41, 5.74) is 6.90. The molecule has 1 heterocycles. The molecular formula is C12H23N5. The molecule has 0 saturated carbocycles. The van der Waals surface area contributed by atoms with Crippen molar-refractivity contribution in [2.45, 2.75) is 26.7 Å². The second-order valence-electron chi connectivity index (χ2n) is 4.16. The Morgan fingerprint density at radius 1 is 1.35 bits per heavy atom. The number of rotatable bonds is 7. The van der Waals surface area contributed by atoms with E-state index in [0.717, 1.165) is 43.9 Å². The molecule has 1 aromatic rings. The summed E-state index contributed by atoms with van der Waals surface area (Å²) in [5.74, 6) is 1.47. The average Bonchev–Trinajstić information content (AvgIpc) is 2.33. The Balaban J connectivity index is 2.60. The highest BCUT2D eigenvalue weighted by molar-refractivity contribution is 5.54. The molecule has 1 aromatic heterocycles. The van der Waals surface area contributed by atoms with E-state index in [2.05, 4.69) is 41.1 Å². The molecule has 96 valence electrons. The van der Waals surface area contributed by atoms with Gasteiger partial charge < -0.3 is 16.0 Å². The molecule has 0 fully saturated rings. The zero-order valence-electron chi connectivity index (χ0n) is 11.0. The van der Waals surface area contributed by atoms with Crippen molar-refractivity contribution in [3.05, 3.63) is 11.9 Å². The van der Waals surface area contributed by atoms with E-state index in [1.54, 1.807) is 0 Å². The van der Waals surface area contributed by atoms with E-state index < -0.39 is 0 Å². The Morgan fingerprint density at radius 3 is 2.76 bits per heavy atom. The summed E-state index contributed by atoms with van der Waals surface area (Å²) in [4.78, 5) is 10.5. The quantitative estimate of drug-likeness (QED) is 0.750. The average molecular weight is 237 g/mol. The first-order valence-electron chi connectivity index (χ1n) is 6.20. The van der Waals surface area contributed by atoms with Gasteiger partial charge in [-0.15, -0.1) is 0 Å². The first-order chi connectivity index (χ1) is 8.19. The maximum absolute atomic E-state index is 5.86. The lowest BCUT2D eigenvalue weighted by atomic mass is 10.1. The third-order valence-corrected chi connectivity index (χ3v) is 2.80. The van der Waals surface area contributed by atoms with Crippen molar-refractivity contribution >= 4 is 11.6 Å². The predicted octanol–water partition coefficient (Wildman–Crippen LogP) is 1.37. The van der Waals surface area contributed by atoms with Gasteiger partial charge in [0, 0.05) is 18.7 Å². The van der Waals surface area contributed by atoms with Gasteiger partial charge in [0.05, 0.1) is 0 Å². The van der Waals surface area contributed by atoms with E-state index in [0.29, 0.717) is 5.82 Å². The van der Waals surface area contributed by atoms with Gasteiger partial charge in [0.1, 0.15) is 18.0 Å². The minimum Gasteiger partial charge on any atom is -0.383 e. The van der Waals surface area contributed by atoms with Crippen molar-refractivity contribution in [2.24, 2.45) is 0 Å². The summed E-state index contributed by atoms with van der Waals surface area (Å²) in [6.45, 7) is 7.19. The van der Waals surface area contributed by atoms with E-state index in [9.17, 15) is 0 Å². The first-order valence-corrected chi connectivity index (χ1v) is 6.20. The fourth-order valence-corrected chi connectivity index (χ4v) is 1.60. The first kappa shape index (κ1) is 13.7. The molecule has 0 spiro atoms. The van der Waals surface area contributed by atoms with Gasteiger partial charge in [-0.3, -0.25) is 0 Å². The van der Waals surface area contributed by atoms with Crippen molar-refractivity contribution in [1.82, 2.24) is 14.9 Å². The van der Waals surface area contributed by atoms with Crippen LogP contribution in [-0.2, 0) is 6.42 Å². The van der Waals surface area contributed by atoms with Gasteiger partial charge >= 0.3 is 0 Å². The van der Waals surface area contributed by atoms with Gasteiger partial charge in [0.15, 0.2) is 0 Å². The SMILES string of the molecule is CCCc1c(N)ncnc1NCCN(C)CC. The Labute approximate surface area is 103 Å². The van der Waals surface area contributed by atoms with Crippen LogP contribution in [-0.4, -0.2) is 41.5 Å². The van der Waals surface area contributed by atoms with Gasteiger partial charge in [-0.2, -0.15) is 0 Å². The van der Waals surface area contributed by atoms with E-state index in [1.807, 2.05) is 0 Å². The Hall–Kier alpha value is -1.36. The molecule has 5 heteroatoms. The normalized spacial score (nSPS) is 10.8. The fourth-order valence-electron chi connectivity index (χ4n) is 1.60. The van der Waals surface area contributed by atoms with Crippen molar-refractivity contribution in [2.75, 3.05) is 37.7 Å². The van der Waals surface area contributed by atoms with Crippen LogP contribution in [0.25, 0.3) is 0 Å². The minimum absolute atomic E-state index is 0.591. The summed E-state index contributed by atoms with van der Waals surface area (Å²) in [5, 5.41) is 3.33. The maximum Gasteiger partial charge on any atom is 0.134 e. The molecular weight excluding hydrogens is 214 g/mol. The standard InChI is InChI=1S/C12H23N5/c1-4-6-10-11(13)15-9-16-12(10)14-7-8-17(3)5-2/h9H,4-8H2,1-3H3,(H3,13,14,15,16). The van der Waals surface area contributed by atoms with E-state index in [4.69, 9.17) is 5.73 Å². The third-order valence-electron chi connectivity index (χ3n) is 2.80. The molecule has 0 saturated heterocycles. The van der Waals surface area contributed by atoms with Crippen LogP contribution in [0.4, 0.5) is 11.6 Å². The highest BCUT2D eigenvalue weighted by Gasteiger charge is 2.07. The second-order valence-corrected chi connectivity index (χ2v) is 4.16. The molecule has 0 unspecified atom stereocenters. The number of nitrogens with zero attached hydrogens (tertiary/aromatic N) is 3. The maximum atomic E-state index is 5.86. The molecule has 17 heavy (non-hydrogen) atoms. The smallest absolute Gasteiger partial charge is 0.134 e. The summed E-state index contributed by atoms with van der Waals surface area (Å²) in [6, 6.07) is 0. The predicted molar refractivity (Wildman–Crippen MR) is 72.1 cm³/mol. The Kier molecular flexibility index (Phi) is 5.69. The van der Waals surface area contributed by atoms with E-state index >= 15 is 0 Å². The van der Waals surface area contributed by atoms with Crippen LogP contribution < -0.4 is 11.1 Å². The number of likely N-dealkylation sites (N-methyl/N-ethyl adjacent to an activating group) is 1. The van der Waals surface area contributed by atoms with Gasteiger partial charge in [-0.25, -0.2) is 9.97 Å². The molecule has 0 atom stereocenters. The molecule has 1 rings (SSSR count). The van der Waals surface area contributed by atoms with E-state index in [-0.39, 0.29) is 0 Å². The molecule has 5 nitrogen and oxygen atoms in total. The van der Waals surface area contributed by atoms with Crippen LogP contribution in [0.2, 0.25) is 0 Å². The lowest BCUT2D eigenvalue weighted by Crippen LogP contribution is -2.25. The number of hydrogen-bond donors (Lipinski definition) is 2. The van der Waals surface area contributed by atoms with Crippen LogP contribution in [0.15, 0.2) is 6.33 Å². The second kappa shape index (κ2) is 7.06. The highest BCUT2D eigenvalue weighted by atomic mass is 15.1. The Morgan fingerprint density at radius 2 is 2.12 bits per heavy atom. The largest absolute Gasteiger partial charge is 0.383 e. The molecule has 3 N–H and O–H groups in total. The van der Waals surface area contributed by atoms with Gasteiger partial charge in [-0.05, 0) is 20.0 Å². The van der Waals surface area contributed by atoms with E-state index in [1.165, 1.54) is 6.33 Å². The third kappa shape index (κ3) is 4.19. The summed E-state index contributed by atoms with van der Waals surface area (Å²) < 4.78 is 0. The van der Waals surface area contributed by atoms with Crippen LogP contribution in [0.3, 0.4) is 0 Å². The summed E-state index contributed by atoms with van der Waals surface area (Å²) in [6.07, 6.45) is 3.47. The number of hydrogen-bond acceptors (Lipinski definition) is 5. The van der Waals surface area contributed by atoms with Gasteiger partial charge in [-0.1, -0.05) is 20.3 Å². The van der Waals surface area contributed by atoms with Crippen molar-refractivity contribution in [3.8, 4) is 0 Å².